The van der Waals surface area contributed by atoms with Gasteiger partial charge in [0.25, 0.3) is 5.91 Å². The predicted octanol–water partition coefficient (Wildman–Crippen LogP) is 3.73. The zero-order valence-corrected chi connectivity index (χ0v) is 12.5. The van der Waals surface area contributed by atoms with Crippen LogP contribution < -0.4 is 10.1 Å². The molecule has 6 heteroatoms. The van der Waals surface area contributed by atoms with E-state index in [4.69, 9.17) is 0 Å². The monoisotopic (exact) mass is 347 g/mol. The molecule has 1 aliphatic rings. The lowest BCUT2D eigenvalue weighted by molar-refractivity contribution is -0.0498. The molecule has 0 atom stereocenters. The average Bonchev–Trinajstić information content (AvgIpc) is 2.87. The van der Waals surface area contributed by atoms with Gasteiger partial charge in [-0.05, 0) is 31.0 Å². The third-order valence-corrected chi connectivity index (χ3v) is 4.59. The molecule has 2 rings (SSSR count). The lowest BCUT2D eigenvalue weighted by Crippen LogP contribution is -2.47. The Bertz CT molecular complexity index is 476. The number of benzene rings is 1. The number of rotatable bonds is 5. The molecule has 0 bridgehead atoms. The number of hydrogen-bond donors (Lipinski definition) is 1. The Hall–Kier alpha value is -1.17. The van der Waals surface area contributed by atoms with Crippen LogP contribution >= 0.6 is 15.9 Å². The van der Waals surface area contributed by atoms with E-state index in [9.17, 15) is 13.6 Å². The van der Waals surface area contributed by atoms with E-state index in [0.29, 0.717) is 10.9 Å². The van der Waals surface area contributed by atoms with Crippen LogP contribution in [0, 0.1) is 0 Å². The third kappa shape index (κ3) is 3.69. The minimum absolute atomic E-state index is 0.00744. The van der Waals surface area contributed by atoms with E-state index in [-0.39, 0.29) is 17.2 Å². The van der Waals surface area contributed by atoms with Crippen LogP contribution in [0.5, 0.6) is 5.75 Å². The molecule has 0 radical (unpaired) electrons. The summed E-state index contributed by atoms with van der Waals surface area (Å²) in [7, 11) is 0. The standard InChI is InChI=1S/C14H16BrF2NO2/c15-9-14(6-1-2-7-14)18-12(19)10-4-3-5-11(8-10)20-13(16)17/h3-5,8,13H,1-2,6-7,9H2,(H,18,19). The van der Waals surface area contributed by atoms with Crippen molar-refractivity contribution in [2.24, 2.45) is 0 Å². The molecule has 1 aliphatic carbocycles. The smallest absolute Gasteiger partial charge is 0.387 e. The van der Waals surface area contributed by atoms with Crippen LogP contribution in [0.25, 0.3) is 0 Å². The molecular weight excluding hydrogens is 332 g/mol. The van der Waals surface area contributed by atoms with Gasteiger partial charge in [-0.3, -0.25) is 4.79 Å². The summed E-state index contributed by atoms with van der Waals surface area (Å²) in [6.07, 6.45) is 4.02. The van der Waals surface area contributed by atoms with Crippen molar-refractivity contribution in [3.05, 3.63) is 29.8 Å². The van der Waals surface area contributed by atoms with Crippen LogP contribution in [0.1, 0.15) is 36.0 Å². The molecule has 0 spiro atoms. The topological polar surface area (TPSA) is 38.3 Å². The number of ether oxygens (including phenoxy) is 1. The number of carbonyl (C=O) groups excluding carboxylic acids is 1. The van der Waals surface area contributed by atoms with Gasteiger partial charge in [-0.2, -0.15) is 8.78 Å². The molecule has 1 N–H and O–H groups in total. The number of hydrogen-bond acceptors (Lipinski definition) is 2. The predicted molar refractivity (Wildman–Crippen MR) is 75.5 cm³/mol. The van der Waals surface area contributed by atoms with Crippen molar-refractivity contribution in [3.8, 4) is 5.75 Å². The lowest BCUT2D eigenvalue weighted by Gasteiger charge is -2.28. The maximum absolute atomic E-state index is 12.2. The fraction of sp³-hybridized carbons (Fsp3) is 0.500. The highest BCUT2D eigenvalue weighted by Gasteiger charge is 2.34. The molecule has 1 aromatic carbocycles. The minimum Gasteiger partial charge on any atom is -0.435 e. The van der Waals surface area contributed by atoms with E-state index in [1.807, 2.05) is 0 Å². The zero-order chi connectivity index (χ0) is 14.6. The number of nitrogens with one attached hydrogen (secondary N) is 1. The van der Waals surface area contributed by atoms with Gasteiger partial charge in [0.05, 0.1) is 5.54 Å². The molecule has 3 nitrogen and oxygen atoms in total. The van der Waals surface area contributed by atoms with Gasteiger partial charge < -0.3 is 10.1 Å². The molecule has 1 fully saturated rings. The van der Waals surface area contributed by atoms with Crippen molar-refractivity contribution in [2.45, 2.75) is 37.8 Å². The van der Waals surface area contributed by atoms with Crippen molar-refractivity contribution < 1.29 is 18.3 Å². The van der Waals surface area contributed by atoms with Crippen molar-refractivity contribution >= 4 is 21.8 Å². The second-order valence-electron chi connectivity index (χ2n) is 4.98. The molecule has 1 aromatic rings. The maximum Gasteiger partial charge on any atom is 0.387 e. The molecule has 0 saturated heterocycles. The van der Waals surface area contributed by atoms with Gasteiger partial charge in [0.15, 0.2) is 0 Å². The Balaban J connectivity index is 2.08. The van der Waals surface area contributed by atoms with E-state index in [2.05, 4.69) is 26.0 Å². The first-order valence-electron chi connectivity index (χ1n) is 6.48. The molecule has 20 heavy (non-hydrogen) atoms. The Morgan fingerprint density at radius 2 is 2.10 bits per heavy atom. The average molecular weight is 348 g/mol. The van der Waals surface area contributed by atoms with Crippen molar-refractivity contribution in [2.75, 3.05) is 5.33 Å². The highest BCUT2D eigenvalue weighted by atomic mass is 79.9. The lowest BCUT2D eigenvalue weighted by atomic mass is 10.00. The Morgan fingerprint density at radius 1 is 1.40 bits per heavy atom. The van der Waals surface area contributed by atoms with E-state index < -0.39 is 6.61 Å². The molecule has 0 aliphatic heterocycles. The summed E-state index contributed by atoms with van der Waals surface area (Å²) >= 11 is 3.44. The van der Waals surface area contributed by atoms with Crippen molar-refractivity contribution in [1.29, 1.82) is 0 Å². The summed E-state index contributed by atoms with van der Waals surface area (Å²) < 4.78 is 28.6. The molecule has 0 heterocycles. The summed E-state index contributed by atoms with van der Waals surface area (Å²) in [6.45, 7) is -2.89. The van der Waals surface area contributed by atoms with Crippen molar-refractivity contribution in [1.82, 2.24) is 5.32 Å². The first-order chi connectivity index (χ1) is 9.54. The SMILES string of the molecule is O=C(NC1(CBr)CCCC1)c1cccc(OC(F)F)c1. The molecule has 110 valence electrons. The minimum atomic E-state index is -2.89. The summed E-state index contributed by atoms with van der Waals surface area (Å²) in [4.78, 5) is 12.2. The van der Waals surface area contributed by atoms with Crippen LogP contribution in [0.2, 0.25) is 0 Å². The Labute approximate surface area is 124 Å². The largest absolute Gasteiger partial charge is 0.435 e. The number of halogens is 3. The number of carbonyl (C=O) groups is 1. The zero-order valence-electron chi connectivity index (χ0n) is 10.9. The summed E-state index contributed by atoms with van der Waals surface area (Å²) in [5.41, 5.74) is 0.104. The number of alkyl halides is 3. The van der Waals surface area contributed by atoms with Crippen LogP contribution in [-0.2, 0) is 0 Å². The summed E-state index contributed by atoms with van der Waals surface area (Å²) in [5.74, 6) is -0.266. The highest BCUT2D eigenvalue weighted by Crippen LogP contribution is 2.31. The normalized spacial score (nSPS) is 17.2. The molecule has 0 unspecified atom stereocenters. The molecule has 1 amide bonds. The second-order valence-corrected chi connectivity index (χ2v) is 5.54. The maximum atomic E-state index is 12.2. The van der Waals surface area contributed by atoms with E-state index in [1.165, 1.54) is 18.2 Å². The van der Waals surface area contributed by atoms with Crippen LogP contribution in [0.3, 0.4) is 0 Å². The van der Waals surface area contributed by atoms with E-state index in [0.717, 1.165) is 25.7 Å². The summed E-state index contributed by atoms with van der Waals surface area (Å²) in [5, 5.41) is 3.70. The Morgan fingerprint density at radius 3 is 2.70 bits per heavy atom. The van der Waals surface area contributed by atoms with E-state index in [1.54, 1.807) is 6.07 Å². The molecule has 1 saturated carbocycles. The van der Waals surface area contributed by atoms with Gasteiger partial charge in [-0.15, -0.1) is 0 Å². The first kappa shape index (κ1) is 15.2. The van der Waals surface area contributed by atoms with Gasteiger partial charge >= 0.3 is 6.61 Å². The van der Waals surface area contributed by atoms with Gasteiger partial charge in [0.2, 0.25) is 0 Å². The third-order valence-electron chi connectivity index (χ3n) is 3.52. The van der Waals surface area contributed by atoms with Gasteiger partial charge in [0, 0.05) is 10.9 Å². The van der Waals surface area contributed by atoms with Crippen molar-refractivity contribution in [3.63, 3.8) is 0 Å². The second kappa shape index (κ2) is 6.52. The first-order valence-corrected chi connectivity index (χ1v) is 7.60. The van der Waals surface area contributed by atoms with E-state index >= 15 is 0 Å². The fourth-order valence-corrected chi connectivity index (χ4v) is 3.17. The van der Waals surface area contributed by atoms with Crippen LogP contribution in [0.4, 0.5) is 8.78 Å². The van der Waals surface area contributed by atoms with Gasteiger partial charge in [-0.1, -0.05) is 34.8 Å². The quantitative estimate of drug-likeness (QED) is 0.824. The van der Waals surface area contributed by atoms with Crippen LogP contribution in [-0.4, -0.2) is 23.4 Å². The molecular formula is C14H16BrF2NO2. The highest BCUT2D eigenvalue weighted by molar-refractivity contribution is 9.09. The summed E-state index contributed by atoms with van der Waals surface area (Å²) in [6, 6.07) is 5.85. The number of amides is 1. The fourth-order valence-electron chi connectivity index (χ4n) is 2.47. The molecule has 0 aromatic heterocycles. The van der Waals surface area contributed by atoms with Crippen LogP contribution in [0.15, 0.2) is 24.3 Å². The van der Waals surface area contributed by atoms with Gasteiger partial charge in [0.1, 0.15) is 5.75 Å². The Kier molecular flexibility index (Phi) is 4.96. The van der Waals surface area contributed by atoms with Gasteiger partial charge in [-0.25, -0.2) is 0 Å².